The highest BCUT2D eigenvalue weighted by Gasteiger charge is 2.14. The van der Waals surface area contributed by atoms with E-state index in [-0.39, 0.29) is 5.91 Å². The van der Waals surface area contributed by atoms with E-state index >= 15 is 0 Å². The molecular formula is C25H23N3O3. The third kappa shape index (κ3) is 4.59. The number of carbonyl (C=O) groups excluding carboxylic acids is 1. The van der Waals surface area contributed by atoms with E-state index < -0.39 is 0 Å². The van der Waals surface area contributed by atoms with Crippen LogP contribution in [0.1, 0.15) is 17.3 Å². The number of pyridine rings is 1. The molecule has 0 aliphatic rings. The summed E-state index contributed by atoms with van der Waals surface area (Å²) in [6, 6.07) is 22.6. The van der Waals surface area contributed by atoms with E-state index in [0.29, 0.717) is 23.7 Å². The van der Waals surface area contributed by atoms with Crippen molar-refractivity contribution in [3.05, 3.63) is 84.6 Å². The minimum atomic E-state index is -0.219. The molecule has 1 heterocycles. The topological polar surface area (TPSA) is 72.5 Å². The largest absolute Gasteiger partial charge is 0.497 e. The molecule has 6 heteroatoms. The lowest BCUT2D eigenvalue weighted by atomic mass is 10.1. The summed E-state index contributed by atoms with van der Waals surface area (Å²) < 4.78 is 10.7. The van der Waals surface area contributed by atoms with Crippen LogP contribution in [-0.4, -0.2) is 24.6 Å². The molecule has 4 rings (SSSR count). The number of amides is 1. The van der Waals surface area contributed by atoms with Crippen LogP contribution in [0.25, 0.3) is 10.8 Å². The lowest BCUT2D eigenvalue weighted by molar-refractivity contribution is 0.102. The van der Waals surface area contributed by atoms with Gasteiger partial charge in [0.15, 0.2) is 0 Å². The van der Waals surface area contributed by atoms with Crippen molar-refractivity contribution >= 4 is 33.9 Å². The Morgan fingerprint density at radius 1 is 0.871 bits per heavy atom. The van der Waals surface area contributed by atoms with Crippen molar-refractivity contribution in [1.82, 2.24) is 4.98 Å². The Balaban J connectivity index is 1.60. The second kappa shape index (κ2) is 9.17. The van der Waals surface area contributed by atoms with Crippen LogP contribution in [0.3, 0.4) is 0 Å². The Labute approximate surface area is 180 Å². The molecule has 1 aromatic heterocycles. The predicted molar refractivity (Wildman–Crippen MR) is 124 cm³/mol. The second-order valence-electron chi connectivity index (χ2n) is 6.83. The fourth-order valence-electron chi connectivity index (χ4n) is 3.28. The normalized spacial score (nSPS) is 10.5. The van der Waals surface area contributed by atoms with E-state index in [1.807, 2.05) is 79.7 Å². The molecule has 0 bridgehead atoms. The van der Waals surface area contributed by atoms with Gasteiger partial charge >= 0.3 is 0 Å². The first-order valence-electron chi connectivity index (χ1n) is 10.0. The number of methoxy groups -OCH3 is 1. The Bertz CT molecular complexity index is 1190. The van der Waals surface area contributed by atoms with Gasteiger partial charge in [-0.25, -0.2) is 4.98 Å². The van der Waals surface area contributed by atoms with Gasteiger partial charge < -0.3 is 20.1 Å². The molecule has 0 fully saturated rings. The number of benzene rings is 3. The van der Waals surface area contributed by atoms with Gasteiger partial charge in [0.25, 0.3) is 5.91 Å². The van der Waals surface area contributed by atoms with Gasteiger partial charge in [-0.3, -0.25) is 4.79 Å². The molecule has 1 amide bonds. The SMILES string of the molecule is CCOc1ccc(NC(=O)c2cnc(Nc3ccc(OC)cc3)c3ccccc23)cc1. The molecular weight excluding hydrogens is 390 g/mol. The number of anilines is 3. The summed E-state index contributed by atoms with van der Waals surface area (Å²) in [6.07, 6.45) is 1.60. The summed E-state index contributed by atoms with van der Waals surface area (Å²) in [4.78, 5) is 17.5. The van der Waals surface area contributed by atoms with Crippen molar-refractivity contribution in [1.29, 1.82) is 0 Å². The third-order valence-corrected chi connectivity index (χ3v) is 4.82. The molecule has 0 saturated heterocycles. The molecule has 0 saturated carbocycles. The first kappa shape index (κ1) is 20.2. The van der Waals surface area contributed by atoms with Gasteiger partial charge in [-0.2, -0.15) is 0 Å². The number of nitrogens with one attached hydrogen (secondary N) is 2. The van der Waals surface area contributed by atoms with Gasteiger partial charge in [0.2, 0.25) is 0 Å². The molecule has 0 unspecified atom stereocenters. The number of carbonyl (C=O) groups is 1. The molecule has 0 aliphatic carbocycles. The fraction of sp³-hybridized carbons (Fsp3) is 0.120. The molecule has 0 spiro atoms. The summed E-state index contributed by atoms with van der Waals surface area (Å²) in [5, 5.41) is 7.93. The first-order chi connectivity index (χ1) is 15.2. The van der Waals surface area contributed by atoms with Crippen LogP contribution in [0, 0.1) is 0 Å². The van der Waals surface area contributed by atoms with Crippen molar-refractivity contribution in [3.8, 4) is 11.5 Å². The van der Waals surface area contributed by atoms with Crippen molar-refractivity contribution < 1.29 is 14.3 Å². The average molecular weight is 413 g/mol. The molecule has 0 aliphatic heterocycles. The minimum Gasteiger partial charge on any atom is -0.497 e. The van der Waals surface area contributed by atoms with E-state index in [1.54, 1.807) is 13.3 Å². The Morgan fingerprint density at radius 3 is 2.19 bits per heavy atom. The van der Waals surface area contributed by atoms with Crippen LogP contribution < -0.4 is 20.1 Å². The summed E-state index contributed by atoms with van der Waals surface area (Å²) in [5.74, 6) is 2.01. The maximum atomic E-state index is 13.0. The van der Waals surface area contributed by atoms with Gasteiger partial charge in [-0.15, -0.1) is 0 Å². The number of ether oxygens (including phenoxy) is 2. The Hall–Kier alpha value is -4.06. The fourth-order valence-corrected chi connectivity index (χ4v) is 3.28. The minimum absolute atomic E-state index is 0.219. The Kier molecular flexibility index (Phi) is 5.98. The maximum absolute atomic E-state index is 13.0. The van der Waals surface area contributed by atoms with Crippen LogP contribution in [0.15, 0.2) is 79.0 Å². The smallest absolute Gasteiger partial charge is 0.257 e. The van der Waals surface area contributed by atoms with Crippen LogP contribution in [0.4, 0.5) is 17.2 Å². The molecule has 0 radical (unpaired) electrons. The van der Waals surface area contributed by atoms with Crippen molar-refractivity contribution in [2.75, 3.05) is 24.4 Å². The zero-order valence-electron chi connectivity index (χ0n) is 17.4. The van der Waals surface area contributed by atoms with Crippen LogP contribution in [0.5, 0.6) is 11.5 Å². The van der Waals surface area contributed by atoms with Crippen molar-refractivity contribution in [2.45, 2.75) is 6.92 Å². The highest BCUT2D eigenvalue weighted by molar-refractivity contribution is 6.14. The van der Waals surface area contributed by atoms with Crippen LogP contribution >= 0.6 is 0 Å². The number of fused-ring (bicyclic) bond motifs is 1. The number of aromatic nitrogens is 1. The van der Waals surface area contributed by atoms with Crippen LogP contribution in [0.2, 0.25) is 0 Å². The highest BCUT2D eigenvalue weighted by atomic mass is 16.5. The second-order valence-corrected chi connectivity index (χ2v) is 6.83. The zero-order chi connectivity index (χ0) is 21.6. The first-order valence-corrected chi connectivity index (χ1v) is 10.0. The monoisotopic (exact) mass is 413 g/mol. The number of hydrogen-bond donors (Lipinski definition) is 2. The van der Waals surface area contributed by atoms with E-state index in [2.05, 4.69) is 15.6 Å². The highest BCUT2D eigenvalue weighted by Crippen LogP contribution is 2.28. The van der Waals surface area contributed by atoms with Crippen molar-refractivity contribution in [2.24, 2.45) is 0 Å². The van der Waals surface area contributed by atoms with Gasteiger partial charge in [-0.05, 0) is 60.8 Å². The molecule has 31 heavy (non-hydrogen) atoms. The zero-order valence-corrected chi connectivity index (χ0v) is 17.4. The summed E-state index contributed by atoms with van der Waals surface area (Å²) in [5.41, 5.74) is 2.08. The average Bonchev–Trinajstić information content (AvgIpc) is 2.81. The summed E-state index contributed by atoms with van der Waals surface area (Å²) in [6.45, 7) is 2.53. The maximum Gasteiger partial charge on any atom is 0.257 e. The lowest BCUT2D eigenvalue weighted by Crippen LogP contribution is -2.13. The molecule has 156 valence electrons. The van der Waals surface area contributed by atoms with E-state index in [4.69, 9.17) is 9.47 Å². The van der Waals surface area contributed by atoms with E-state index in [9.17, 15) is 4.79 Å². The molecule has 2 N–H and O–H groups in total. The van der Waals surface area contributed by atoms with Gasteiger partial charge in [0.05, 0.1) is 19.3 Å². The molecule has 6 nitrogen and oxygen atoms in total. The molecule has 0 atom stereocenters. The van der Waals surface area contributed by atoms with Gasteiger partial charge in [0, 0.05) is 23.0 Å². The summed E-state index contributed by atoms with van der Waals surface area (Å²) in [7, 11) is 1.63. The third-order valence-electron chi connectivity index (χ3n) is 4.82. The van der Waals surface area contributed by atoms with Gasteiger partial charge in [-0.1, -0.05) is 24.3 Å². The Morgan fingerprint density at radius 2 is 1.52 bits per heavy atom. The lowest BCUT2D eigenvalue weighted by Gasteiger charge is -2.13. The molecule has 3 aromatic carbocycles. The predicted octanol–water partition coefficient (Wildman–Crippen LogP) is 5.64. The van der Waals surface area contributed by atoms with Crippen LogP contribution in [-0.2, 0) is 0 Å². The molecule has 4 aromatic rings. The van der Waals surface area contributed by atoms with Gasteiger partial charge in [0.1, 0.15) is 17.3 Å². The quantitative estimate of drug-likeness (QED) is 0.410. The number of rotatable bonds is 7. The van der Waals surface area contributed by atoms with E-state index in [0.717, 1.165) is 28.0 Å². The van der Waals surface area contributed by atoms with E-state index in [1.165, 1.54) is 0 Å². The summed E-state index contributed by atoms with van der Waals surface area (Å²) >= 11 is 0. The number of nitrogens with zero attached hydrogens (tertiary/aromatic N) is 1. The number of hydrogen-bond acceptors (Lipinski definition) is 5. The standard InChI is InChI=1S/C25H23N3O3/c1-3-31-20-14-10-18(11-15-20)28-25(29)23-16-26-24(22-7-5-4-6-21(22)23)27-17-8-12-19(30-2)13-9-17/h4-16H,3H2,1-2H3,(H,26,27)(H,28,29). The van der Waals surface area contributed by atoms with Crippen molar-refractivity contribution in [3.63, 3.8) is 0 Å².